The Morgan fingerprint density at radius 2 is 1.85 bits per heavy atom. The lowest BCUT2D eigenvalue weighted by atomic mass is 10.1. The number of carbonyl (C=O) groups excluding carboxylic acids is 1. The summed E-state index contributed by atoms with van der Waals surface area (Å²) < 4.78 is 5.99. The van der Waals surface area contributed by atoms with E-state index in [0.717, 1.165) is 11.1 Å². The van der Waals surface area contributed by atoms with Crippen LogP contribution >= 0.6 is 31.9 Å². The van der Waals surface area contributed by atoms with E-state index in [9.17, 15) is 15.0 Å². The van der Waals surface area contributed by atoms with Crippen LogP contribution in [-0.2, 0) is 4.79 Å². The van der Waals surface area contributed by atoms with Gasteiger partial charge in [-0.25, -0.2) is 5.43 Å². The van der Waals surface area contributed by atoms with Crippen molar-refractivity contribution in [1.82, 2.24) is 5.43 Å². The van der Waals surface area contributed by atoms with Crippen molar-refractivity contribution in [1.29, 1.82) is 0 Å². The van der Waals surface area contributed by atoms with Crippen molar-refractivity contribution in [3.8, 4) is 17.2 Å². The highest BCUT2D eigenvalue weighted by molar-refractivity contribution is 9.11. The Bertz CT molecular complexity index is 853. The predicted octanol–water partition coefficient (Wildman–Crippen LogP) is 4.08. The quantitative estimate of drug-likeness (QED) is 0.439. The molecule has 0 saturated heterocycles. The third kappa shape index (κ3) is 4.56. The van der Waals surface area contributed by atoms with Crippen LogP contribution in [0.2, 0.25) is 0 Å². The van der Waals surface area contributed by atoms with E-state index < -0.39 is 5.91 Å². The summed E-state index contributed by atoms with van der Waals surface area (Å²) in [5, 5.41) is 23.8. The van der Waals surface area contributed by atoms with Crippen LogP contribution < -0.4 is 10.2 Å². The topological polar surface area (TPSA) is 91.2 Å². The third-order valence-electron chi connectivity index (χ3n) is 3.84. The minimum Gasteiger partial charge on any atom is -0.506 e. The molecule has 2 rings (SSSR count). The molecule has 0 atom stereocenters. The van der Waals surface area contributed by atoms with Crippen molar-refractivity contribution in [2.24, 2.45) is 5.10 Å². The first-order valence-corrected chi connectivity index (χ1v) is 9.22. The van der Waals surface area contributed by atoms with Gasteiger partial charge < -0.3 is 14.9 Å². The van der Waals surface area contributed by atoms with Crippen molar-refractivity contribution < 1.29 is 19.7 Å². The minimum atomic E-state index is -0.437. The van der Waals surface area contributed by atoms with Gasteiger partial charge in [0.25, 0.3) is 5.91 Å². The second-order valence-electron chi connectivity index (χ2n) is 5.69. The van der Waals surface area contributed by atoms with E-state index in [1.54, 1.807) is 13.0 Å². The Labute approximate surface area is 168 Å². The van der Waals surface area contributed by atoms with Gasteiger partial charge in [-0.1, -0.05) is 6.07 Å². The van der Waals surface area contributed by atoms with Gasteiger partial charge >= 0.3 is 0 Å². The molecule has 0 saturated carbocycles. The molecule has 3 N–H and O–H groups in total. The molecule has 0 aliphatic rings. The maximum Gasteiger partial charge on any atom is 0.277 e. The van der Waals surface area contributed by atoms with E-state index in [0.29, 0.717) is 21.3 Å². The number of nitrogens with one attached hydrogen (secondary N) is 1. The van der Waals surface area contributed by atoms with Gasteiger partial charge in [0.2, 0.25) is 0 Å². The first-order valence-electron chi connectivity index (χ1n) is 7.63. The number of hydrazone groups is 1. The lowest BCUT2D eigenvalue weighted by Crippen LogP contribution is -2.24. The summed E-state index contributed by atoms with van der Waals surface area (Å²) >= 11 is 6.34. The molecule has 0 spiro atoms. The van der Waals surface area contributed by atoms with Crippen LogP contribution in [0.5, 0.6) is 17.2 Å². The fraction of sp³-hybridized carbons (Fsp3) is 0.222. The number of rotatable bonds is 5. The number of phenolic OH excluding ortho intramolecular Hbond substituents is 2. The van der Waals surface area contributed by atoms with Crippen molar-refractivity contribution >= 4 is 44.0 Å². The number of phenols is 2. The van der Waals surface area contributed by atoms with Gasteiger partial charge in [-0.15, -0.1) is 0 Å². The average Bonchev–Trinajstić information content (AvgIpc) is 2.62. The molecule has 1 amide bonds. The van der Waals surface area contributed by atoms with Gasteiger partial charge in [0.05, 0.1) is 10.7 Å². The van der Waals surface area contributed by atoms with Gasteiger partial charge in [-0.3, -0.25) is 4.79 Å². The van der Waals surface area contributed by atoms with E-state index in [1.165, 1.54) is 6.21 Å². The first kappa shape index (κ1) is 20.3. The Balaban J connectivity index is 2.00. The van der Waals surface area contributed by atoms with Crippen LogP contribution in [-0.4, -0.2) is 28.9 Å². The SMILES string of the molecule is Cc1ccc(OCC(=O)NN=Cc2c(C)c(Br)c(O)c(Br)c2O)cc1C. The van der Waals surface area contributed by atoms with Crippen molar-refractivity contribution in [3.05, 3.63) is 49.4 Å². The van der Waals surface area contributed by atoms with Crippen LogP contribution in [0.1, 0.15) is 22.3 Å². The van der Waals surface area contributed by atoms with Crippen LogP contribution in [0.4, 0.5) is 0 Å². The summed E-state index contributed by atoms with van der Waals surface area (Å²) in [6, 6.07) is 5.58. The highest BCUT2D eigenvalue weighted by Gasteiger charge is 2.17. The molecule has 0 aromatic heterocycles. The molecule has 0 aliphatic carbocycles. The van der Waals surface area contributed by atoms with Crippen molar-refractivity contribution in [2.45, 2.75) is 20.8 Å². The zero-order valence-corrected chi connectivity index (χ0v) is 17.6. The molecule has 0 fully saturated rings. The highest BCUT2D eigenvalue weighted by atomic mass is 79.9. The number of halogens is 2. The number of aryl methyl sites for hydroxylation is 2. The summed E-state index contributed by atoms with van der Waals surface area (Å²) in [5.74, 6) is -0.115. The van der Waals surface area contributed by atoms with Gasteiger partial charge in [-0.2, -0.15) is 5.10 Å². The van der Waals surface area contributed by atoms with Gasteiger partial charge in [0.15, 0.2) is 6.61 Å². The molecule has 2 aromatic rings. The number of nitrogens with zero attached hydrogens (tertiary/aromatic N) is 1. The molecule has 26 heavy (non-hydrogen) atoms. The largest absolute Gasteiger partial charge is 0.506 e. The summed E-state index contributed by atoms with van der Waals surface area (Å²) in [6.07, 6.45) is 1.30. The average molecular weight is 486 g/mol. The van der Waals surface area contributed by atoms with E-state index in [4.69, 9.17) is 4.74 Å². The molecule has 8 heteroatoms. The zero-order chi connectivity index (χ0) is 19.4. The summed E-state index contributed by atoms with van der Waals surface area (Å²) in [7, 11) is 0. The van der Waals surface area contributed by atoms with Gasteiger partial charge in [0.1, 0.15) is 21.7 Å². The molecular formula is C18H18Br2N2O4. The Hall–Kier alpha value is -2.06. The monoisotopic (exact) mass is 484 g/mol. The number of amides is 1. The summed E-state index contributed by atoms with van der Waals surface area (Å²) in [4.78, 5) is 11.8. The number of benzene rings is 2. The number of hydrogen-bond acceptors (Lipinski definition) is 5. The van der Waals surface area contributed by atoms with Crippen LogP contribution in [0.25, 0.3) is 0 Å². The smallest absolute Gasteiger partial charge is 0.277 e. The molecule has 0 heterocycles. The van der Waals surface area contributed by atoms with E-state index >= 15 is 0 Å². The second kappa shape index (κ2) is 8.55. The molecule has 6 nitrogen and oxygen atoms in total. The maximum absolute atomic E-state index is 11.8. The number of carbonyl (C=O) groups is 1. The maximum atomic E-state index is 11.8. The van der Waals surface area contributed by atoms with Gasteiger partial charge in [0, 0.05) is 5.56 Å². The zero-order valence-electron chi connectivity index (χ0n) is 14.4. The Morgan fingerprint density at radius 3 is 2.50 bits per heavy atom. The molecule has 0 aliphatic heterocycles. The fourth-order valence-electron chi connectivity index (χ4n) is 2.11. The number of aromatic hydroxyl groups is 2. The minimum absolute atomic E-state index is 0.108. The predicted molar refractivity (Wildman–Crippen MR) is 107 cm³/mol. The molecule has 0 radical (unpaired) electrons. The lowest BCUT2D eigenvalue weighted by molar-refractivity contribution is -0.123. The number of hydrogen-bond donors (Lipinski definition) is 3. The van der Waals surface area contributed by atoms with E-state index in [2.05, 4.69) is 42.4 Å². The fourth-order valence-corrected chi connectivity index (χ4v) is 3.20. The molecular weight excluding hydrogens is 468 g/mol. The standard InChI is InChI=1S/C18H18Br2N2O4/c1-9-4-5-12(6-10(9)2)26-8-14(23)22-21-7-13-11(3)15(19)18(25)16(20)17(13)24/h4-7,24-25H,8H2,1-3H3,(H,22,23). The second-order valence-corrected chi connectivity index (χ2v) is 7.28. The van der Waals surface area contributed by atoms with Crippen molar-refractivity contribution in [2.75, 3.05) is 6.61 Å². The first-order chi connectivity index (χ1) is 12.2. The molecule has 2 aromatic carbocycles. The van der Waals surface area contributed by atoms with Crippen LogP contribution in [0, 0.1) is 20.8 Å². The van der Waals surface area contributed by atoms with E-state index in [1.807, 2.05) is 26.0 Å². The molecule has 0 bridgehead atoms. The van der Waals surface area contributed by atoms with Crippen LogP contribution in [0.15, 0.2) is 32.2 Å². The molecule has 0 unspecified atom stereocenters. The highest BCUT2D eigenvalue weighted by Crippen LogP contribution is 2.43. The summed E-state index contributed by atoms with van der Waals surface area (Å²) in [6.45, 7) is 5.48. The normalized spacial score (nSPS) is 11.0. The number of ether oxygens (including phenoxy) is 1. The Kier molecular flexibility index (Phi) is 6.66. The van der Waals surface area contributed by atoms with E-state index in [-0.39, 0.29) is 22.6 Å². The van der Waals surface area contributed by atoms with Crippen molar-refractivity contribution in [3.63, 3.8) is 0 Å². The lowest BCUT2D eigenvalue weighted by Gasteiger charge is -2.11. The Morgan fingerprint density at radius 1 is 1.15 bits per heavy atom. The van der Waals surface area contributed by atoms with Gasteiger partial charge in [-0.05, 0) is 81.5 Å². The summed E-state index contributed by atoms with van der Waals surface area (Å²) in [5.41, 5.74) is 5.50. The molecule has 138 valence electrons. The van der Waals surface area contributed by atoms with Crippen LogP contribution in [0.3, 0.4) is 0 Å². The third-order valence-corrected chi connectivity index (χ3v) is 5.56.